The molecule has 2 unspecified atom stereocenters. The van der Waals surface area contributed by atoms with Crippen LogP contribution in [0.1, 0.15) is 51.9 Å². The van der Waals surface area contributed by atoms with Crippen molar-refractivity contribution in [3.8, 4) is 0 Å². The summed E-state index contributed by atoms with van der Waals surface area (Å²) in [7, 11) is 0. The quantitative estimate of drug-likeness (QED) is 0.841. The van der Waals surface area contributed by atoms with Gasteiger partial charge in [-0.05, 0) is 31.6 Å². The lowest BCUT2D eigenvalue weighted by Gasteiger charge is -2.40. The fourth-order valence-electron chi connectivity index (χ4n) is 3.35. The molecule has 18 heavy (non-hydrogen) atoms. The Morgan fingerprint density at radius 3 is 2.50 bits per heavy atom. The predicted octanol–water partition coefficient (Wildman–Crippen LogP) is 2.57. The average Bonchev–Trinajstić information content (AvgIpc) is 2.39. The maximum Gasteiger partial charge on any atom is 0.225 e. The van der Waals surface area contributed by atoms with Gasteiger partial charge in [0.05, 0.1) is 0 Å². The minimum atomic E-state index is 0. The van der Waals surface area contributed by atoms with Crippen molar-refractivity contribution in [1.29, 1.82) is 0 Å². The number of halogens is 1. The van der Waals surface area contributed by atoms with E-state index in [1.807, 2.05) is 0 Å². The van der Waals surface area contributed by atoms with Crippen molar-refractivity contribution in [1.82, 2.24) is 4.90 Å². The zero-order valence-corrected chi connectivity index (χ0v) is 12.3. The van der Waals surface area contributed by atoms with E-state index in [-0.39, 0.29) is 12.4 Å². The number of nitrogens with two attached hydrogens (primary N) is 1. The molecule has 1 aliphatic carbocycles. The van der Waals surface area contributed by atoms with E-state index >= 15 is 0 Å². The van der Waals surface area contributed by atoms with Crippen molar-refractivity contribution >= 4 is 18.3 Å². The molecule has 2 fully saturated rings. The number of nitrogens with zero attached hydrogens (tertiary/aromatic N) is 1. The number of hydrogen-bond donors (Lipinski definition) is 1. The van der Waals surface area contributed by atoms with Crippen molar-refractivity contribution in [3.63, 3.8) is 0 Å². The molecule has 0 bridgehead atoms. The number of rotatable bonds is 2. The maximum absolute atomic E-state index is 12.5. The van der Waals surface area contributed by atoms with E-state index in [2.05, 4.69) is 11.8 Å². The van der Waals surface area contributed by atoms with Gasteiger partial charge in [-0.1, -0.05) is 26.2 Å². The first-order valence-electron chi connectivity index (χ1n) is 7.23. The lowest BCUT2D eigenvalue weighted by molar-refractivity contribution is -0.140. The predicted molar refractivity (Wildman–Crippen MR) is 76.8 cm³/mol. The van der Waals surface area contributed by atoms with Crippen molar-refractivity contribution in [2.24, 2.45) is 17.6 Å². The van der Waals surface area contributed by atoms with Crippen LogP contribution in [-0.4, -0.2) is 29.9 Å². The van der Waals surface area contributed by atoms with E-state index in [0.717, 1.165) is 38.1 Å². The second-order valence-corrected chi connectivity index (χ2v) is 5.89. The standard InChI is InChI=1S/C14H26N2O.ClH/c1-11-7-8-16(13(9-11)10-15)14(17)12-5-3-2-4-6-12;/h11-13H,2-10,15H2,1H3;1H. The van der Waals surface area contributed by atoms with E-state index in [9.17, 15) is 4.79 Å². The van der Waals surface area contributed by atoms with Gasteiger partial charge in [-0.15, -0.1) is 12.4 Å². The molecule has 1 aliphatic heterocycles. The van der Waals surface area contributed by atoms with Crippen LogP contribution in [0.5, 0.6) is 0 Å². The number of likely N-dealkylation sites (tertiary alicyclic amines) is 1. The number of carbonyl (C=O) groups excluding carboxylic acids is 1. The number of amides is 1. The van der Waals surface area contributed by atoms with E-state index in [1.54, 1.807) is 0 Å². The van der Waals surface area contributed by atoms with Gasteiger partial charge >= 0.3 is 0 Å². The Balaban J connectivity index is 0.00000162. The molecule has 4 heteroatoms. The van der Waals surface area contributed by atoms with Crippen LogP contribution in [0.4, 0.5) is 0 Å². The monoisotopic (exact) mass is 274 g/mol. The Morgan fingerprint density at radius 2 is 1.89 bits per heavy atom. The Bertz CT molecular complexity index is 267. The van der Waals surface area contributed by atoms with E-state index in [4.69, 9.17) is 5.73 Å². The van der Waals surface area contributed by atoms with Crippen LogP contribution in [0.3, 0.4) is 0 Å². The zero-order chi connectivity index (χ0) is 12.3. The van der Waals surface area contributed by atoms with E-state index < -0.39 is 0 Å². The molecule has 2 rings (SSSR count). The normalized spacial score (nSPS) is 29.8. The van der Waals surface area contributed by atoms with Gasteiger partial charge in [0.2, 0.25) is 5.91 Å². The van der Waals surface area contributed by atoms with Crippen molar-refractivity contribution in [2.45, 2.75) is 57.9 Å². The molecule has 0 radical (unpaired) electrons. The third-order valence-electron chi connectivity index (χ3n) is 4.49. The smallest absolute Gasteiger partial charge is 0.225 e. The highest BCUT2D eigenvalue weighted by Crippen LogP contribution is 2.29. The summed E-state index contributed by atoms with van der Waals surface area (Å²) < 4.78 is 0. The SMILES string of the molecule is CC1CCN(C(=O)C2CCCCC2)C(CN)C1.Cl. The van der Waals surface area contributed by atoms with Crippen molar-refractivity contribution < 1.29 is 4.79 Å². The second kappa shape index (κ2) is 7.34. The van der Waals surface area contributed by atoms with Gasteiger partial charge < -0.3 is 10.6 Å². The van der Waals surface area contributed by atoms with Crippen molar-refractivity contribution in [3.05, 3.63) is 0 Å². The van der Waals surface area contributed by atoms with Crippen LogP contribution >= 0.6 is 12.4 Å². The average molecular weight is 275 g/mol. The van der Waals surface area contributed by atoms with E-state index in [1.165, 1.54) is 19.3 Å². The first kappa shape index (κ1) is 15.8. The Kier molecular flexibility index (Phi) is 6.44. The summed E-state index contributed by atoms with van der Waals surface area (Å²) in [6.07, 6.45) is 8.21. The zero-order valence-electron chi connectivity index (χ0n) is 11.4. The van der Waals surface area contributed by atoms with Crippen LogP contribution in [-0.2, 0) is 4.79 Å². The van der Waals surface area contributed by atoms with Gasteiger partial charge in [-0.2, -0.15) is 0 Å². The van der Waals surface area contributed by atoms with Crippen LogP contribution in [0.2, 0.25) is 0 Å². The molecule has 0 aromatic carbocycles. The van der Waals surface area contributed by atoms with Gasteiger partial charge in [0.25, 0.3) is 0 Å². The summed E-state index contributed by atoms with van der Waals surface area (Å²) in [5, 5.41) is 0. The van der Waals surface area contributed by atoms with Crippen LogP contribution in [0.15, 0.2) is 0 Å². The molecule has 2 N–H and O–H groups in total. The molecule has 106 valence electrons. The molecule has 0 aromatic rings. The number of carbonyl (C=O) groups is 1. The second-order valence-electron chi connectivity index (χ2n) is 5.89. The van der Waals surface area contributed by atoms with Gasteiger partial charge in [-0.3, -0.25) is 4.79 Å². The van der Waals surface area contributed by atoms with Gasteiger partial charge in [0, 0.05) is 25.0 Å². The highest BCUT2D eigenvalue weighted by atomic mass is 35.5. The third-order valence-corrected chi connectivity index (χ3v) is 4.49. The third kappa shape index (κ3) is 3.61. The lowest BCUT2D eigenvalue weighted by atomic mass is 9.86. The summed E-state index contributed by atoms with van der Waals surface area (Å²) in [6, 6.07) is 0.299. The summed E-state index contributed by atoms with van der Waals surface area (Å²) in [4.78, 5) is 14.6. The van der Waals surface area contributed by atoms with Crippen LogP contribution in [0, 0.1) is 11.8 Å². The minimum Gasteiger partial charge on any atom is -0.338 e. The van der Waals surface area contributed by atoms with Gasteiger partial charge in [0.1, 0.15) is 0 Å². The molecule has 0 spiro atoms. The number of hydrogen-bond acceptors (Lipinski definition) is 2. The van der Waals surface area contributed by atoms with Gasteiger partial charge in [-0.25, -0.2) is 0 Å². The Labute approximate surface area is 117 Å². The van der Waals surface area contributed by atoms with Crippen LogP contribution in [0.25, 0.3) is 0 Å². The molecule has 0 aromatic heterocycles. The summed E-state index contributed by atoms with van der Waals surface area (Å²) >= 11 is 0. The molecular formula is C14H27ClN2O. The molecule has 2 aliphatic rings. The summed E-state index contributed by atoms with van der Waals surface area (Å²) in [6.45, 7) is 3.83. The number of piperidine rings is 1. The van der Waals surface area contributed by atoms with Gasteiger partial charge in [0.15, 0.2) is 0 Å². The molecule has 1 saturated heterocycles. The molecular weight excluding hydrogens is 248 g/mol. The van der Waals surface area contributed by atoms with Crippen molar-refractivity contribution in [2.75, 3.05) is 13.1 Å². The Morgan fingerprint density at radius 1 is 1.22 bits per heavy atom. The molecule has 3 nitrogen and oxygen atoms in total. The largest absolute Gasteiger partial charge is 0.338 e. The fraction of sp³-hybridized carbons (Fsp3) is 0.929. The topological polar surface area (TPSA) is 46.3 Å². The molecule has 2 atom stereocenters. The highest BCUT2D eigenvalue weighted by Gasteiger charge is 2.33. The van der Waals surface area contributed by atoms with Crippen LogP contribution < -0.4 is 5.73 Å². The minimum absolute atomic E-state index is 0. The molecule has 1 saturated carbocycles. The first-order chi connectivity index (χ1) is 8.22. The molecule has 1 amide bonds. The summed E-state index contributed by atoms with van der Waals surface area (Å²) in [5.74, 6) is 1.41. The molecule has 1 heterocycles. The maximum atomic E-state index is 12.5. The Hall–Kier alpha value is -0.280. The summed E-state index contributed by atoms with van der Waals surface area (Å²) in [5.41, 5.74) is 5.83. The first-order valence-corrected chi connectivity index (χ1v) is 7.23. The lowest BCUT2D eigenvalue weighted by Crippen LogP contribution is -2.51. The highest BCUT2D eigenvalue weighted by molar-refractivity contribution is 5.85. The fourth-order valence-corrected chi connectivity index (χ4v) is 3.35. The van der Waals surface area contributed by atoms with E-state index in [0.29, 0.717) is 24.4 Å².